The highest BCUT2D eigenvalue weighted by atomic mass is 79.9. The lowest BCUT2D eigenvalue weighted by Gasteiger charge is -2.21. The molecule has 2 amide bonds. The van der Waals surface area contributed by atoms with Crippen molar-refractivity contribution < 1.29 is 9.59 Å². The van der Waals surface area contributed by atoms with Crippen molar-refractivity contribution in [2.24, 2.45) is 0 Å². The molecular formula is C15H19BrN2O2. The maximum absolute atomic E-state index is 11.7. The van der Waals surface area contributed by atoms with Crippen molar-refractivity contribution in [1.29, 1.82) is 0 Å². The fraction of sp³-hybridized carbons (Fsp3) is 0.333. The minimum atomic E-state index is -0.0926. The van der Waals surface area contributed by atoms with Gasteiger partial charge in [-0.2, -0.15) is 0 Å². The maximum Gasteiger partial charge on any atom is 0.223 e. The van der Waals surface area contributed by atoms with Crippen molar-refractivity contribution in [1.82, 2.24) is 5.32 Å². The van der Waals surface area contributed by atoms with Crippen LogP contribution in [0.2, 0.25) is 0 Å². The molecule has 0 heterocycles. The normalized spacial score (nSPS) is 9.95. The SMILES string of the molecule is C=CCNC(=O)CCN(C(C)=O)c1ccc(Br)c(C)c1. The van der Waals surface area contributed by atoms with Gasteiger partial charge in [-0.05, 0) is 30.7 Å². The highest BCUT2D eigenvalue weighted by Crippen LogP contribution is 2.23. The number of anilines is 1. The summed E-state index contributed by atoms with van der Waals surface area (Å²) in [6.45, 7) is 7.80. The molecule has 1 aromatic carbocycles. The van der Waals surface area contributed by atoms with Gasteiger partial charge in [-0.1, -0.05) is 22.0 Å². The Kier molecular flexibility index (Phi) is 6.45. The minimum absolute atomic E-state index is 0.0803. The molecular weight excluding hydrogens is 320 g/mol. The van der Waals surface area contributed by atoms with E-state index in [1.807, 2.05) is 25.1 Å². The second kappa shape index (κ2) is 7.85. The van der Waals surface area contributed by atoms with Crippen molar-refractivity contribution in [3.63, 3.8) is 0 Å². The molecule has 108 valence electrons. The Labute approximate surface area is 128 Å². The number of amides is 2. The number of hydrogen-bond acceptors (Lipinski definition) is 2. The number of carbonyl (C=O) groups is 2. The third-order valence-corrected chi connectivity index (χ3v) is 3.73. The summed E-state index contributed by atoms with van der Waals surface area (Å²) in [4.78, 5) is 24.9. The predicted octanol–water partition coefficient (Wildman–Crippen LogP) is 2.80. The molecule has 1 aromatic rings. The Morgan fingerprint density at radius 3 is 2.70 bits per heavy atom. The lowest BCUT2D eigenvalue weighted by atomic mass is 10.2. The van der Waals surface area contributed by atoms with E-state index in [1.54, 1.807) is 11.0 Å². The molecule has 20 heavy (non-hydrogen) atoms. The number of rotatable bonds is 6. The quantitative estimate of drug-likeness (QED) is 0.811. The van der Waals surface area contributed by atoms with Gasteiger partial charge in [0, 0.05) is 36.6 Å². The summed E-state index contributed by atoms with van der Waals surface area (Å²) in [5.41, 5.74) is 1.85. The molecule has 0 spiro atoms. The van der Waals surface area contributed by atoms with E-state index in [-0.39, 0.29) is 18.2 Å². The van der Waals surface area contributed by atoms with E-state index in [0.717, 1.165) is 15.7 Å². The highest BCUT2D eigenvalue weighted by molar-refractivity contribution is 9.10. The number of halogens is 1. The van der Waals surface area contributed by atoms with Crippen LogP contribution >= 0.6 is 15.9 Å². The molecule has 0 bridgehead atoms. The summed E-state index contributed by atoms with van der Waals surface area (Å²) in [7, 11) is 0. The average molecular weight is 339 g/mol. The highest BCUT2D eigenvalue weighted by Gasteiger charge is 2.13. The Morgan fingerprint density at radius 2 is 2.15 bits per heavy atom. The lowest BCUT2D eigenvalue weighted by Crippen LogP contribution is -2.33. The van der Waals surface area contributed by atoms with Crippen LogP contribution in [-0.4, -0.2) is 24.9 Å². The predicted molar refractivity (Wildman–Crippen MR) is 84.7 cm³/mol. The van der Waals surface area contributed by atoms with Gasteiger partial charge in [0.15, 0.2) is 0 Å². The summed E-state index contributed by atoms with van der Waals surface area (Å²) < 4.78 is 0.994. The van der Waals surface area contributed by atoms with Gasteiger partial charge >= 0.3 is 0 Å². The van der Waals surface area contributed by atoms with E-state index >= 15 is 0 Å². The molecule has 0 fully saturated rings. The van der Waals surface area contributed by atoms with Gasteiger partial charge in [-0.3, -0.25) is 9.59 Å². The van der Waals surface area contributed by atoms with Crippen molar-refractivity contribution in [3.05, 3.63) is 40.9 Å². The van der Waals surface area contributed by atoms with Crippen LogP contribution in [0.4, 0.5) is 5.69 Å². The number of carbonyl (C=O) groups excluding carboxylic acids is 2. The maximum atomic E-state index is 11.7. The van der Waals surface area contributed by atoms with Gasteiger partial charge in [0.1, 0.15) is 0 Å². The van der Waals surface area contributed by atoms with E-state index in [0.29, 0.717) is 13.1 Å². The number of hydrogen-bond donors (Lipinski definition) is 1. The smallest absolute Gasteiger partial charge is 0.223 e. The third kappa shape index (κ3) is 4.81. The van der Waals surface area contributed by atoms with Crippen LogP contribution < -0.4 is 10.2 Å². The first-order valence-electron chi connectivity index (χ1n) is 6.37. The van der Waals surface area contributed by atoms with Crippen LogP contribution in [0, 0.1) is 6.92 Å². The molecule has 1 N–H and O–H groups in total. The van der Waals surface area contributed by atoms with E-state index in [4.69, 9.17) is 0 Å². The molecule has 0 saturated heterocycles. The number of aryl methyl sites for hydroxylation is 1. The standard InChI is InChI=1S/C15H19BrN2O2/c1-4-8-17-15(20)7-9-18(12(3)19)13-5-6-14(16)11(2)10-13/h4-6,10H,1,7-9H2,2-3H3,(H,17,20). The first-order chi connectivity index (χ1) is 9.45. The van der Waals surface area contributed by atoms with Crippen molar-refractivity contribution in [2.75, 3.05) is 18.0 Å². The third-order valence-electron chi connectivity index (χ3n) is 2.84. The fourth-order valence-corrected chi connectivity index (χ4v) is 2.00. The van der Waals surface area contributed by atoms with Gasteiger partial charge in [-0.25, -0.2) is 0 Å². The molecule has 4 nitrogen and oxygen atoms in total. The molecule has 0 aromatic heterocycles. The van der Waals surface area contributed by atoms with Gasteiger partial charge in [0.25, 0.3) is 0 Å². The fourth-order valence-electron chi connectivity index (χ4n) is 1.75. The molecule has 0 aliphatic heterocycles. The Bertz CT molecular complexity index is 515. The van der Waals surface area contributed by atoms with Crippen LogP contribution in [0.5, 0.6) is 0 Å². The van der Waals surface area contributed by atoms with Gasteiger partial charge in [0.2, 0.25) is 11.8 Å². The first-order valence-corrected chi connectivity index (χ1v) is 7.17. The number of nitrogens with zero attached hydrogens (tertiary/aromatic N) is 1. The van der Waals surface area contributed by atoms with Gasteiger partial charge in [-0.15, -0.1) is 6.58 Å². The second-order valence-corrected chi connectivity index (χ2v) is 5.30. The zero-order valence-corrected chi connectivity index (χ0v) is 13.4. The van der Waals surface area contributed by atoms with Crippen LogP contribution in [0.25, 0.3) is 0 Å². The average Bonchev–Trinajstić information content (AvgIpc) is 2.40. The summed E-state index contributed by atoms with van der Waals surface area (Å²) in [5, 5.41) is 2.70. The molecule has 0 aliphatic rings. The van der Waals surface area contributed by atoms with Crippen LogP contribution in [0.1, 0.15) is 18.9 Å². The van der Waals surface area contributed by atoms with E-state index < -0.39 is 0 Å². The summed E-state index contributed by atoms with van der Waals surface area (Å²) in [6, 6.07) is 5.69. The van der Waals surface area contributed by atoms with E-state index in [1.165, 1.54) is 6.92 Å². The topological polar surface area (TPSA) is 49.4 Å². The Hall–Kier alpha value is -1.62. The molecule has 0 saturated carbocycles. The van der Waals surface area contributed by atoms with E-state index in [9.17, 15) is 9.59 Å². The van der Waals surface area contributed by atoms with E-state index in [2.05, 4.69) is 27.8 Å². The zero-order chi connectivity index (χ0) is 15.1. The van der Waals surface area contributed by atoms with Gasteiger partial charge < -0.3 is 10.2 Å². The van der Waals surface area contributed by atoms with Crippen molar-refractivity contribution >= 4 is 33.4 Å². The molecule has 1 rings (SSSR count). The largest absolute Gasteiger partial charge is 0.353 e. The molecule has 0 radical (unpaired) electrons. The first kappa shape index (κ1) is 16.4. The summed E-state index contributed by atoms with van der Waals surface area (Å²) in [5.74, 6) is -0.173. The van der Waals surface area contributed by atoms with Crippen LogP contribution in [0.3, 0.4) is 0 Å². The van der Waals surface area contributed by atoms with Crippen molar-refractivity contribution in [3.8, 4) is 0 Å². The van der Waals surface area contributed by atoms with Gasteiger partial charge in [0.05, 0.1) is 0 Å². The Morgan fingerprint density at radius 1 is 1.45 bits per heavy atom. The second-order valence-electron chi connectivity index (χ2n) is 4.45. The lowest BCUT2D eigenvalue weighted by molar-refractivity contribution is -0.120. The molecule has 0 unspecified atom stereocenters. The zero-order valence-electron chi connectivity index (χ0n) is 11.8. The Balaban J connectivity index is 2.74. The number of benzene rings is 1. The molecule has 0 aliphatic carbocycles. The monoisotopic (exact) mass is 338 g/mol. The van der Waals surface area contributed by atoms with Crippen molar-refractivity contribution in [2.45, 2.75) is 20.3 Å². The molecule has 0 atom stereocenters. The molecule has 5 heteroatoms. The summed E-state index contributed by atoms with van der Waals surface area (Å²) in [6.07, 6.45) is 1.89. The number of nitrogens with one attached hydrogen (secondary N) is 1. The van der Waals surface area contributed by atoms with Crippen LogP contribution in [-0.2, 0) is 9.59 Å². The van der Waals surface area contributed by atoms with Crippen LogP contribution in [0.15, 0.2) is 35.3 Å². The summed E-state index contributed by atoms with van der Waals surface area (Å²) >= 11 is 3.43. The minimum Gasteiger partial charge on any atom is -0.353 e.